The van der Waals surface area contributed by atoms with E-state index in [0.717, 1.165) is 35.3 Å². The molecule has 3 nitrogen and oxygen atoms in total. The minimum absolute atomic E-state index is 0.600. The first kappa shape index (κ1) is 14.8. The Kier molecular flexibility index (Phi) is 5.20. The molecule has 1 saturated carbocycles. The summed E-state index contributed by atoms with van der Waals surface area (Å²) < 4.78 is 0.919. The van der Waals surface area contributed by atoms with Crippen LogP contribution in [-0.2, 0) is 0 Å². The van der Waals surface area contributed by atoms with Crippen molar-refractivity contribution in [3.63, 3.8) is 0 Å². The zero-order chi connectivity index (χ0) is 13.8. The number of hydrogen-bond acceptors (Lipinski definition) is 3. The van der Waals surface area contributed by atoms with Crippen LogP contribution in [0.4, 0.5) is 5.82 Å². The second-order valence-corrected chi connectivity index (χ2v) is 6.21. The van der Waals surface area contributed by atoms with E-state index >= 15 is 0 Å². The lowest BCUT2D eigenvalue weighted by atomic mass is 10.0. The summed E-state index contributed by atoms with van der Waals surface area (Å²) in [5, 5.41) is 0. The summed E-state index contributed by atoms with van der Waals surface area (Å²) in [7, 11) is 0. The molecule has 0 N–H and O–H groups in total. The van der Waals surface area contributed by atoms with Gasteiger partial charge in [0.2, 0.25) is 0 Å². The quantitative estimate of drug-likeness (QED) is 0.696. The molecule has 0 saturated heterocycles. The molecule has 1 aliphatic rings. The SMILES string of the molecule is CCC(CC)CN(CC)c1cc(Br)nc(C2CC2)n1. The molecule has 106 valence electrons. The molecule has 0 spiro atoms. The van der Waals surface area contributed by atoms with Gasteiger partial charge in [-0.3, -0.25) is 0 Å². The van der Waals surface area contributed by atoms with Gasteiger partial charge in [0.15, 0.2) is 0 Å². The molecule has 2 rings (SSSR count). The van der Waals surface area contributed by atoms with Crippen LogP contribution in [0.25, 0.3) is 0 Å². The first-order chi connectivity index (χ1) is 9.17. The van der Waals surface area contributed by atoms with Crippen LogP contribution < -0.4 is 4.90 Å². The highest BCUT2D eigenvalue weighted by molar-refractivity contribution is 9.10. The second-order valence-electron chi connectivity index (χ2n) is 5.40. The monoisotopic (exact) mass is 325 g/mol. The normalized spacial score (nSPS) is 15.0. The molecule has 1 aromatic heterocycles. The van der Waals surface area contributed by atoms with Crippen LogP contribution >= 0.6 is 15.9 Å². The third kappa shape index (κ3) is 3.91. The van der Waals surface area contributed by atoms with Gasteiger partial charge >= 0.3 is 0 Å². The van der Waals surface area contributed by atoms with E-state index in [0.29, 0.717) is 5.92 Å². The van der Waals surface area contributed by atoms with E-state index in [9.17, 15) is 0 Å². The summed E-state index contributed by atoms with van der Waals surface area (Å²) in [5.74, 6) is 3.45. The van der Waals surface area contributed by atoms with Crippen molar-refractivity contribution in [1.29, 1.82) is 0 Å². The molecule has 0 bridgehead atoms. The van der Waals surface area contributed by atoms with E-state index in [-0.39, 0.29) is 0 Å². The Balaban J connectivity index is 2.17. The fraction of sp³-hybridized carbons (Fsp3) is 0.733. The number of rotatable bonds is 7. The molecule has 4 heteroatoms. The summed E-state index contributed by atoms with van der Waals surface area (Å²) >= 11 is 3.53. The van der Waals surface area contributed by atoms with E-state index in [1.165, 1.54) is 25.7 Å². The van der Waals surface area contributed by atoms with Crippen molar-refractivity contribution in [2.75, 3.05) is 18.0 Å². The Morgan fingerprint density at radius 2 is 1.95 bits per heavy atom. The van der Waals surface area contributed by atoms with E-state index < -0.39 is 0 Å². The highest BCUT2D eigenvalue weighted by Crippen LogP contribution is 2.39. The predicted molar refractivity (Wildman–Crippen MR) is 83.7 cm³/mol. The molecule has 19 heavy (non-hydrogen) atoms. The van der Waals surface area contributed by atoms with Crippen LogP contribution in [0.3, 0.4) is 0 Å². The fourth-order valence-electron chi connectivity index (χ4n) is 2.35. The maximum absolute atomic E-state index is 4.77. The lowest BCUT2D eigenvalue weighted by Crippen LogP contribution is -2.30. The average Bonchev–Trinajstić information content (AvgIpc) is 3.24. The second kappa shape index (κ2) is 6.69. The molecular weight excluding hydrogens is 302 g/mol. The van der Waals surface area contributed by atoms with Gasteiger partial charge in [0, 0.05) is 25.1 Å². The lowest BCUT2D eigenvalue weighted by Gasteiger charge is -2.26. The third-order valence-electron chi connectivity index (χ3n) is 3.98. The zero-order valence-corrected chi connectivity index (χ0v) is 13.8. The minimum Gasteiger partial charge on any atom is -0.356 e. The molecule has 0 aromatic carbocycles. The Morgan fingerprint density at radius 3 is 2.47 bits per heavy atom. The van der Waals surface area contributed by atoms with Gasteiger partial charge in [-0.1, -0.05) is 26.7 Å². The Bertz CT molecular complexity index is 414. The van der Waals surface area contributed by atoms with Gasteiger partial charge in [-0.05, 0) is 41.6 Å². The lowest BCUT2D eigenvalue weighted by molar-refractivity contribution is 0.484. The van der Waals surface area contributed by atoms with Gasteiger partial charge in [0.25, 0.3) is 0 Å². The summed E-state index contributed by atoms with van der Waals surface area (Å²) in [4.78, 5) is 11.7. The van der Waals surface area contributed by atoms with Crippen molar-refractivity contribution in [2.45, 2.75) is 52.4 Å². The van der Waals surface area contributed by atoms with Gasteiger partial charge in [0.1, 0.15) is 16.2 Å². The number of anilines is 1. The Morgan fingerprint density at radius 1 is 1.26 bits per heavy atom. The standard InChI is InChI=1S/C15H24BrN3/c1-4-11(5-2)10-19(6-3)14-9-13(16)17-15(18-14)12-7-8-12/h9,11-12H,4-8,10H2,1-3H3. The zero-order valence-electron chi connectivity index (χ0n) is 12.2. The first-order valence-corrected chi connectivity index (χ1v) is 8.26. The third-order valence-corrected chi connectivity index (χ3v) is 4.39. The summed E-state index contributed by atoms with van der Waals surface area (Å²) in [5.41, 5.74) is 0. The summed E-state index contributed by atoms with van der Waals surface area (Å²) in [6, 6.07) is 2.05. The van der Waals surface area contributed by atoms with Crippen LogP contribution in [0.2, 0.25) is 0 Å². The van der Waals surface area contributed by atoms with Crippen LogP contribution in [-0.4, -0.2) is 23.1 Å². The van der Waals surface area contributed by atoms with Crippen molar-refractivity contribution in [2.24, 2.45) is 5.92 Å². The van der Waals surface area contributed by atoms with E-state index in [1.54, 1.807) is 0 Å². The topological polar surface area (TPSA) is 29.0 Å². The smallest absolute Gasteiger partial charge is 0.135 e. The van der Waals surface area contributed by atoms with Crippen molar-refractivity contribution in [1.82, 2.24) is 9.97 Å². The molecule has 0 aliphatic heterocycles. The van der Waals surface area contributed by atoms with Gasteiger partial charge in [-0.25, -0.2) is 9.97 Å². The largest absolute Gasteiger partial charge is 0.356 e. The maximum Gasteiger partial charge on any atom is 0.135 e. The van der Waals surface area contributed by atoms with Crippen molar-refractivity contribution < 1.29 is 0 Å². The van der Waals surface area contributed by atoms with E-state index in [1.807, 2.05) is 0 Å². The van der Waals surface area contributed by atoms with Crippen LogP contribution in [0.1, 0.15) is 58.2 Å². The van der Waals surface area contributed by atoms with Crippen molar-refractivity contribution >= 4 is 21.7 Å². The highest BCUT2D eigenvalue weighted by atomic mass is 79.9. The maximum atomic E-state index is 4.77. The highest BCUT2D eigenvalue weighted by Gasteiger charge is 2.27. The molecule has 1 aliphatic carbocycles. The van der Waals surface area contributed by atoms with Crippen molar-refractivity contribution in [3.05, 3.63) is 16.5 Å². The Hall–Kier alpha value is -0.640. The molecule has 1 aromatic rings. The summed E-state index contributed by atoms with van der Waals surface area (Å²) in [6.07, 6.45) is 4.95. The molecule has 1 fully saturated rings. The molecule has 0 amide bonds. The molecule has 1 heterocycles. The number of hydrogen-bond donors (Lipinski definition) is 0. The summed E-state index contributed by atoms with van der Waals surface area (Å²) in [6.45, 7) is 8.84. The van der Waals surface area contributed by atoms with Crippen LogP contribution in [0.15, 0.2) is 10.7 Å². The number of halogens is 1. The minimum atomic E-state index is 0.600. The average molecular weight is 326 g/mol. The van der Waals surface area contributed by atoms with Gasteiger partial charge in [-0.15, -0.1) is 0 Å². The molecule has 0 radical (unpaired) electrons. The molecule has 0 unspecified atom stereocenters. The molecule has 0 atom stereocenters. The van der Waals surface area contributed by atoms with E-state index in [2.05, 4.69) is 52.7 Å². The molecular formula is C15H24BrN3. The fourth-order valence-corrected chi connectivity index (χ4v) is 2.74. The van der Waals surface area contributed by atoms with E-state index in [4.69, 9.17) is 4.98 Å². The van der Waals surface area contributed by atoms with Crippen molar-refractivity contribution in [3.8, 4) is 0 Å². The van der Waals surface area contributed by atoms with Crippen LogP contribution in [0, 0.1) is 5.92 Å². The van der Waals surface area contributed by atoms with Gasteiger partial charge < -0.3 is 4.90 Å². The number of nitrogens with zero attached hydrogens (tertiary/aromatic N) is 3. The number of aromatic nitrogens is 2. The predicted octanol–water partition coefficient (Wildman–Crippen LogP) is 4.38. The van der Waals surface area contributed by atoms with Gasteiger partial charge in [0.05, 0.1) is 0 Å². The van der Waals surface area contributed by atoms with Gasteiger partial charge in [-0.2, -0.15) is 0 Å². The first-order valence-electron chi connectivity index (χ1n) is 7.47. The Labute approximate surface area is 125 Å². The van der Waals surface area contributed by atoms with Crippen LogP contribution in [0.5, 0.6) is 0 Å².